The molecule has 3 aromatic heterocycles. The molecule has 0 amide bonds. The lowest BCUT2D eigenvalue weighted by atomic mass is 9.91. The van der Waals surface area contributed by atoms with Gasteiger partial charge in [-0.15, -0.1) is 10.2 Å². The Hall–Kier alpha value is -2.48. The van der Waals surface area contributed by atoms with Crippen LogP contribution in [0, 0.1) is 0 Å². The highest BCUT2D eigenvalue weighted by molar-refractivity contribution is 5.68. The molecule has 0 bridgehead atoms. The molecular formula is C16H21N7O. The molecule has 3 aromatic rings. The lowest BCUT2D eigenvalue weighted by Crippen LogP contribution is -2.47. The van der Waals surface area contributed by atoms with Crippen LogP contribution in [0.25, 0.3) is 5.65 Å². The molecule has 0 saturated carbocycles. The lowest BCUT2D eigenvalue weighted by Gasteiger charge is -2.39. The van der Waals surface area contributed by atoms with E-state index < -0.39 is 5.60 Å². The molecule has 0 radical (unpaired) electrons. The van der Waals surface area contributed by atoms with E-state index in [4.69, 9.17) is 0 Å². The van der Waals surface area contributed by atoms with Gasteiger partial charge in [0.25, 0.3) is 0 Å². The van der Waals surface area contributed by atoms with Gasteiger partial charge in [-0.05, 0) is 25.3 Å². The molecule has 126 valence electrons. The number of piperidine rings is 1. The molecule has 1 N–H and O–H groups in total. The van der Waals surface area contributed by atoms with E-state index in [1.54, 1.807) is 23.4 Å². The monoisotopic (exact) mass is 327 g/mol. The second kappa shape index (κ2) is 5.86. The summed E-state index contributed by atoms with van der Waals surface area (Å²) in [6.45, 7) is 4.22. The molecule has 0 aromatic carbocycles. The van der Waals surface area contributed by atoms with Gasteiger partial charge in [-0.25, -0.2) is 4.98 Å². The molecule has 1 saturated heterocycles. The first-order valence-electron chi connectivity index (χ1n) is 8.30. The van der Waals surface area contributed by atoms with Gasteiger partial charge in [0.05, 0.1) is 29.9 Å². The second-order valence-electron chi connectivity index (χ2n) is 6.42. The molecule has 0 unspecified atom stereocenters. The van der Waals surface area contributed by atoms with E-state index in [1.165, 1.54) is 0 Å². The van der Waals surface area contributed by atoms with Crippen molar-refractivity contribution in [3.63, 3.8) is 0 Å². The zero-order valence-electron chi connectivity index (χ0n) is 13.7. The maximum absolute atomic E-state index is 10.9. The summed E-state index contributed by atoms with van der Waals surface area (Å²) in [4.78, 5) is 6.32. The summed E-state index contributed by atoms with van der Waals surface area (Å²) in [7, 11) is 0. The van der Waals surface area contributed by atoms with Crippen LogP contribution in [0.1, 0.15) is 25.5 Å². The number of hydrogen-bond donors (Lipinski definition) is 1. The van der Waals surface area contributed by atoms with Crippen LogP contribution < -0.4 is 4.90 Å². The Labute approximate surface area is 139 Å². The molecule has 1 aliphatic heterocycles. The zero-order valence-corrected chi connectivity index (χ0v) is 13.7. The first-order valence-corrected chi connectivity index (χ1v) is 8.30. The van der Waals surface area contributed by atoms with E-state index in [0.717, 1.165) is 36.5 Å². The predicted molar refractivity (Wildman–Crippen MR) is 88.8 cm³/mol. The summed E-state index contributed by atoms with van der Waals surface area (Å²) in [6.07, 6.45) is 9.28. The molecule has 0 spiro atoms. The quantitative estimate of drug-likeness (QED) is 0.767. The molecule has 24 heavy (non-hydrogen) atoms. The van der Waals surface area contributed by atoms with Crippen LogP contribution in [0.5, 0.6) is 0 Å². The SMILES string of the molecule is CCc1cc(N2CCC(O)(Cn3ccnc3)CC2)c2nncn2n1. The summed E-state index contributed by atoms with van der Waals surface area (Å²) in [6, 6.07) is 2.09. The summed E-state index contributed by atoms with van der Waals surface area (Å²) in [5, 5.41) is 23.5. The van der Waals surface area contributed by atoms with Crippen molar-refractivity contribution < 1.29 is 5.11 Å². The summed E-state index contributed by atoms with van der Waals surface area (Å²) in [5.74, 6) is 0. The minimum atomic E-state index is -0.693. The van der Waals surface area contributed by atoms with Gasteiger partial charge >= 0.3 is 0 Å². The third-order valence-electron chi connectivity index (χ3n) is 4.73. The standard InChI is InChI=1S/C16H21N7O/c1-2-13-9-14(15-19-18-12-23(15)20-13)22-6-3-16(24,4-7-22)10-21-8-5-17-11-21/h5,8-9,11-12,24H,2-4,6-7,10H2,1H3. The Kier molecular flexibility index (Phi) is 3.68. The van der Waals surface area contributed by atoms with Crippen LogP contribution >= 0.6 is 0 Å². The van der Waals surface area contributed by atoms with Crippen molar-refractivity contribution in [1.29, 1.82) is 0 Å². The Morgan fingerprint density at radius 3 is 2.79 bits per heavy atom. The van der Waals surface area contributed by atoms with Crippen molar-refractivity contribution in [2.45, 2.75) is 38.3 Å². The number of hydrogen-bond acceptors (Lipinski definition) is 6. The minimum Gasteiger partial charge on any atom is -0.388 e. The molecule has 1 fully saturated rings. The summed E-state index contributed by atoms with van der Waals surface area (Å²) < 4.78 is 3.68. The van der Waals surface area contributed by atoms with Crippen LogP contribution in [-0.2, 0) is 13.0 Å². The number of imidazole rings is 1. The highest BCUT2D eigenvalue weighted by Crippen LogP contribution is 2.29. The fourth-order valence-electron chi connectivity index (χ4n) is 3.31. The third-order valence-corrected chi connectivity index (χ3v) is 4.73. The molecule has 8 heteroatoms. The molecule has 4 rings (SSSR count). The third kappa shape index (κ3) is 2.73. The number of nitrogens with zero attached hydrogens (tertiary/aromatic N) is 7. The number of rotatable bonds is 4. The molecule has 4 heterocycles. The zero-order chi connectivity index (χ0) is 16.6. The Balaban J connectivity index is 1.54. The van der Waals surface area contributed by atoms with Gasteiger partial charge < -0.3 is 14.6 Å². The van der Waals surface area contributed by atoms with E-state index in [2.05, 4.69) is 38.2 Å². The highest BCUT2D eigenvalue weighted by Gasteiger charge is 2.33. The Morgan fingerprint density at radius 2 is 2.08 bits per heavy atom. The normalized spacial score (nSPS) is 17.5. The number of aliphatic hydroxyl groups is 1. The van der Waals surface area contributed by atoms with Gasteiger partial charge in [0.15, 0.2) is 0 Å². The van der Waals surface area contributed by atoms with Gasteiger partial charge in [-0.3, -0.25) is 0 Å². The van der Waals surface area contributed by atoms with E-state index in [0.29, 0.717) is 19.4 Å². The fraction of sp³-hybridized carbons (Fsp3) is 0.500. The molecule has 8 nitrogen and oxygen atoms in total. The van der Waals surface area contributed by atoms with Crippen LogP contribution in [0.2, 0.25) is 0 Å². The van der Waals surface area contributed by atoms with E-state index in [9.17, 15) is 5.11 Å². The fourth-order valence-corrected chi connectivity index (χ4v) is 3.31. The molecular weight excluding hydrogens is 306 g/mol. The first-order chi connectivity index (χ1) is 11.7. The van der Waals surface area contributed by atoms with Crippen molar-refractivity contribution >= 4 is 11.3 Å². The average molecular weight is 327 g/mol. The first kappa shape index (κ1) is 15.1. The van der Waals surface area contributed by atoms with Gasteiger partial charge in [0, 0.05) is 25.5 Å². The largest absolute Gasteiger partial charge is 0.388 e. The van der Waals surface area contributed by atoms with Crippen molar-refractivity contribution in [2.75, 3.05) is 18.0 Å². The van der Waals surface area contributed by atoms with Crippen molar-refractivity contribution in [2.24, 2.45) is 0 Å². The van der Waals surface area contributed by atoms with E-state index in [-0.39, 0.29) is 0 Å². The number of fused-ring (bicyclic) bond motifs is 1. The molecule has 1 aliphatic rings. The van der Waals surface area contributed by atoms with Crippen LogP contribution in [0.4, 0.5) is 5.69 Å². The predicted octanol–water partition coefficient (Wildman–Crippen LogP) is 0.915. The van der Waals surface area contributed by atoms with Crippen molar-refractivity contribution in [1.82, 2.24) is 29.4 Å². The maximum atomic E-state index is 10.9. The highest BCUT2D eigenvalue weighted by atomic mass is 16.3. The number of aromatic nitrogens is 6. The van der Waals surface area contributed by atoms with E-state index >= 15 is 0 Å². The molecule has 0 aliphatic carbocycles. The smallest absolute Gasteiger partial charge is 0.200 e. The lowest BCUT2D eigenvalue weighted by molar-refractivity contribution is -0.0000560. The summed E-state index contributed by atoms with van der Waals surface area (Å²) >= 11 is 0. The number of aryl methyl sites for hydroxylation is 1. The second-order valence-corrected chi connectivity index (χ2v) is 6.42. The minimum absolute atomic E-state index is 0.581. The topological polar surface area (TPSA) is 84.4 Å². The van der Waals surface area contributed by atoms with Crippen molar-refractivity contribution in [3.05, 3.63) is 36.8 Å². The maximum Gasteiger partial charge on any atom is 0.200 e. The van der Waals surface area contributed by atoms with Gasteiger partial charge in [0.2, 0.25) is 5.65 Å². The van der Waals surface area contributed by atoms with Crippen LogP contribution in [0.3, 0.4) is 0 Å². The van der Waals surface area contributed by atoms with Crippen molar-refractivity contribution in [3.8, 4) is 0 Å². The number of anilines is 1. The van der Waals surface area contributed by atoms with Gasteiger partial charge in [-0.1, -0.05) is 6.92 Å². The van der Waals surface area contributed by atoms with Crippen LogP contribution in [0.15, 0.2) is 31.1 Å². The van der Waals surface area contributed by atoms with E-state index in [1.807, 2.05) is 10.8 Å². The average Bonchev–Trinajstić information content (AvgIpc) is 3.25. The summed E-state index contributed by atoms with van der Waals surface area (Å²) in [5.41, 5.74) is 2.13. The van der Waals surface area contributed by atoms with Crippen LogP contribution in [-0.4, -0.2) is 53.2 Å². The Bertz CT molecular complexity index is 818. The molecule has 0 atom stereocenters. The van der Waals surface area contributed by atoms with Gasteiger partial charge in [-0.2, -0.15) is 9.61 Å². The van der Waals surface area contributed by atoms with Gasteiger partial charge in [0.1, 0.15) is 6.33 Å². The Morgan fingerprint density at radius 1 is 1.25 bits per heavy atom.